The van der Waals surface area contributed by atoms with Gasteiger partial charge in [0.05, 0.1) is 11.1 Å². The van der Waals surface area contributed by atoms with Crippen LogP contribution in [0.25, 0.3) is 21.5 Å². The fraction of sp³-hybridized carbons (Fsp3) is 0. The van der Waals surface area contributed by atoms with Crippen LogP contribution >= 0.6 is 45.2 Å². The predicted molar refractivity (Wildman–Crippen MR) is 123 cm³/mol. The van der Waals surface area contributed by atoms with Crippen LogP contribution in [0.3, 0.4) is 0 Å². The minimum atomic E-state index is -0.643. The Morgan fingerprint density at radius 2 is 0.926 bits per heavy atom. The first kappa shape index (κ1) is 18.4. The first-order valence-corrected chi connectivity index (χ1v) is 10.3. The SMILES string of the molecule is O=C(OC(=O)c1cccc2c(I)cccc12)c1cccc2c(I)cccc12. The summed E-state index contributed by atoms with van der Waals surface area (Å²) >= 11 is 4.45. The maximum Gasteiger partial charge on any atom is 0.346 e. The molecule has 0 heterocycles. The molecule has 0 N–H and O–H groups in total. The second-order valence-electron chi connectivity index (χ2n) is 5.96. The molecule has 0 saturated carbocycles. The molecule has 0 aliphatic rings. The highest BCUT2D eigenvalue weighted by atomic mass is 127. The Kier molecular flexibility index (Phi) is 5.14. The third kappa shape index (κ3) is 3.45. The lowest BCUT2D eigenvalue weighted by atomic mass is 10.0. The zero-order valence-corrected chi connectivity index (χ0v) is 18.2. The highest BCUT2D eigenvalue weighted by molar-refractivity contribution is 14.1. The number of rotatable bonds is 2. The van der Waals surface area contributed by atoms with Crippen molar-refractivity contribution in [1.29, 1.82) is 0 Å². The summed E-state index contributed by atoms with van der Waals surface area (Å²) in [7, 11) is 0. The fourth-order valence-electron chi connectivity index (χ4n) is 3.09. The molecule has 5 heteroatoms. The van der Waals surface area contributed by atoms with Crippen molar-refractivity contribution < 1.29 is 14.3 Å². The molecule has 0 radical (unpaired) electrons. The monoisotopic (exact) mass is 578 g/mol. The molecule has 4 aromatic carbocycles. The predicted octanol–water partition coefficient (Wildman–Crippen LogP) is 6.20. The molecular weight excluding hydrogens is 566 g/mol. The van der Waals surface area contributed by atoms with E-state index in [0.29, 0.717) is 11.1 Å². The van der Waals surface area contributed by atoms with E-state index in [1.54, 1.807) is 24.3 Å². The topological polar surface area (TPSA) is 43.4 Å². The van der Waals surface area contributed by atoms with Crippen LogP contribution in [-0.2, 0) is 4.74 Å². The molecule has 0 unspecified atom stereocenters. The van der Waals surface area contributed by atoms with Gasteiger partial charge in [-0.1, -0.05) is 48.5 Å². The van der Waals surface area contributed by atoms with Crippen LogP contribution in [0, 0.1) is 7.14 Å². The summed E-state index contributed by atoms with van der Waals surface area (Å²) in [5.41, 5.74) is 0.767. The van der Waals surface area contributed by atoms with Crippen molar-refractivity contribution in [2.75, 3.05) is 0 Å². The average molecular weight is 578 g/mol. The standard InChI is InChI=1S/C22H12I2O3/c23-19-11-3-5-13-15(19)7-1-9-17(13)21(25)27-22(26)18-10-2-8-16-14(18)6-4-12-20(16)24/h1-12H. The smallest absolute Gasteiger partial charge is 0.346 e. The highest BCUT2D eigenvalue weighted by Crippen LogP contribution is 2.26. The van der Waals surface area contributed by atoms with Gasteiger partial charge < -0.3 is 4.74 Å². The summed E-state index contributed by atoms with van der Waals surface area (Å²) in [6.45, 7) is 0. The van der Waals surface area contributed by atoms with Gasteiger partial charge in [-0.3, -0.25) is 0 Å². The number of carbonyl (C=O) groups is 2. The summed E-state index contributed by atoms with van der Waals surface area (Å²) < 4.78 is 7.31. The molecule has 0 aliphatic carbocycles. The van der Waals surface area contributed by atoms with Gasteiger partial charge in [0.1, 0.15) is 0 Å². The van der Waals surface area contributed by atoms with E-state index in [2.05, 4.69) is 45.2 Å². The lowest BCUT2D eigenvalue weighted by Crippen LogP contribution is -2.13. The van der Waals surface area contributed by atoms with Crippen molar-refractivity contribution in [3.63, 3.8) is 0 Å². The van der Waals surface area contributed by atoms with E-state index < -0.39 is 11.9 Å². The van der Waals surface area contributed by atoms with Crippen LogP contribution in [0.1, 0.15) is 20.7 Å². The van der Waals surface area contributed by atoms with Gasteiger partial charge in [-0.15, -0.1) is 0 Å². The summed E-state index contributed by atoms with van der Waals surface area (Å²) in [4.78, 5) is 25.4. The molecule has 0 bridgehead atoms. The van der Waals surface area contributed by atoms with Crippen LogP contribution in [0.4, 0.5) is 0 Å². The van der Waals surface area contributed by atoms with Crippen molar-refractivity contribution in [2.24, 2.45) is 0 Å². The molecule has 0 aliphatic heterocycles. The minimum absolute atomic E-state index is 0.384. The van der Waals surface area contributed by atoms with Crippen LogP contribution in [-0.4, -0.2) is 11.9 Å². The zero-order chi connectivity index (χ0) is 19.0. The molecule has 0 saturated heterocycles. The Morgan fingerprint density at radius 3 is 1.37 bits per heavy atom. The van der Waals surface area contributed by atoms with Crippen LogP contribution < -0.4 is 0 Å². The Labute approximate surface area is 183 Å². The highest BCUT2D eigenvalue weighted by Gasteiger charge is 2.19. The second kappa shape index (κ2) is 7.55. The normalized spacial score (nSPS) is 10.9. The maximum atomic E-state index is 12.7. The average Bonchev–Trinajstić information content (AvgIpc) is 2.68. The Morgan fingerprint density at radius 1 is 0.556 bits per heavy atom. The zero-order valence-electron chi connectivity index (χ0n) is 13.9. The van der Waals surface area contributed by atoms with Gasteiger partial charge in [-0.2, -0.15) is 0 Å². The molecule has 0 atom stereocenters. The van der Waals surface area contributed by atoms with E-state index in [1.165, 1.54) is 0 Å². The third-order valence-corrected chi connectivity index (χ3v) is 6.24. The van der Waals surface area contributed by atoms with Crippen LogP contribution in [0.15, 0.2) is 72.8 Å². The van der Waals surface area contributed by atoms with E-state index in [-0.39, 0.29) is 0 Å². The van der Waals surface area contributed by atoms with Gasteiger partial charge in [-0.05, 0) is 91.0 Å². The number of benzene rings is 4. The second-order valence-corrected chi connectivity index (χ2v) is 8.28. The molecule has 0 amide bonds. The molecule has 3 nitrogen and oxygen atoms in total. The van der Waals surface area contributed by atoms with Gasteiger partial charge in [0.25, 0.3) is 0 Å². The molecule has 0 aromatic heterocycles. The molecule has 132 valence electrons. The largest absolute Gasteiger partial charge is 0.386 e. The lowest BCUT2D eigenvalue weighted by molar-refractivity contribution is 0.0400. The van der Waals surface area contributed by atoms with Crippen LogP contribution in [0.5, 0.6) is 0 Å². The first-order chi connectivity index (χ1) is 13.1. The van der Waals surface area contributed by atoms with Gasteiger partial charge in [0.2, 0.25) is 0 Å². The summed E-state index contributed by atoms with van der Waals surface area (Å²) in [5.74, 6) is -1.29. The van der Waals surface area contributed by atoms with Crippen molar-refractivity contribution in [3.8, 4) is 0 Å². The number of ether oxygens (including phenoxy) is 1. The fourth-order valence-corrected chi connectivity index (χ4v) is 4.45. The van der Waals surface area contributed by atoms with E-state index in [0.717, 1.165) is 28.7 Å². The van der Waals surface area contributed by atoms with Gasteiger partial charge >= 0.3 is 11.9 Å². The van der Waals surface area contributed by atoms with Crippen molar-refractivity contribution in [1.82, 2.24) is 0 Å². The van der Waals surface area contributed by atoms with E-state index in [9.17, 15) is 9.59 Å². The first-order valence-electron chi connectivity index (χ1n) is 8.17. The van der Waals surface area contributed by atoms with E-state index >= 15 is 0 Å². The molecule has 0 fully saturated rings. The van der Waals surface area contributed by atoms with Crippen LogP contribution in [0.2, 0.25) is 0 Å². The quantitative estimate of drug-likeness (QED) is 0.162. The van der Waals surface area contributed by atoms with Gasteiger partial charge in [0, 0.05) is 7.14 Å². The number of esters is 2. The van der Waals surface area contributed by atoms with Gasteiger partial charge in [-0.25, -0.2) is 9.59 Å². The number of hydrogen-bond donors (Lipinski definition) is 0. The molecule has 27 heavy (non-hydrogen) atoms. The summed E-state index contributed by atoms with van der Waals surface area (Å²) in [6.07, 6.45) is 0. The summed E-state index contributed by atoms with van der Waals surface area (Å²) in [5, 5.41) is 3.46. The number of fused-ring (bicyclic) bond motifs is 2. The third-order valence-electron chi connectivity index (χ3n) is 4.36. The lowest BCUT2D eigenvalue weighted by Gasteiger charge is -2.09. The molecule has 4 rings (SSSR count). The Balaban J connectivity index is 1.72. The van der Waals surface area contributed by atoms with Crippen molar-refractivity contribution >= 4 is 78.7 Å². The maximum absolute atomic E-state index is 12.7. The molecule has 0 spiro atoms. The molecular formula is C22H12I2O3. The Hall–Kier alpha value is -2.00. The number of halogens is 2. The Bertz CT molecular complexity index is 1120. The minimum Gasteiger partial charge on any atom is -0.386 e. The van der Waals surface area contributed by atoms with Gasteiger partial charge in [0.15, 0.2) is 0 Å². The number of carbonyl (C=O) groups excluding carboxylic acids is 2. The van der Waals surface area contributed by atoms with E-state index in [1.807, 2.05) is 48.5 Å². The van der Waals surface area contributed by atoms with Crippen molar-refractivity contribution in [3.05, 3.63) is 91.1 Å². The summed E-state index contributed by atoms with van der Waals surface area (Å²) in [6, 6.07) is 22.3. The molecule has 4 aromatic rings. The van der Waals surface area contributed by atoms with Crippen molar-refractivity contribution in [2.45, 2.75) is 0 Å². The van der Waals surface area contributed by atoms with E-state index in [4.69, 9.17) is 4.74 Å². The number of hydrogen-bond acceptors (Lipinski definition) is 3.